The van der Waals surface area contributed by atoms with E-state index in [1.807, 2.05) is 0 Å². The molecule has 0 amide bonds. The Bertz CT molecular complexity index is 1070. The summed E-state index contributed by atoms with van der Waals surface area (Å²) in [7, 11) is 0. The fourth-order valence-corrected chi connectivity index (χ4v) is 3.91. The Morgan fingerprint density at radius 2 is 1.72 bits per heavy atom. The SMILES string of the molecule is CC(C)(C)OC(=O)C(CC1CCCn2c1nc1cc(F)ccc1c2=O)C(=O)OC(C)(C)C. The predicted molar refractivity (Wildman–Crippen MR) is 118 cm³/mol. The molecule has 0 fully saturated rings. The minimum absolute atomic E-state index is 0.0943. The van der Waals surface area contributed by atoms with Gasteiger partial charge in [0.25, 0.3) is 5.56 Å². The topological polar surface area (TPSA) is 87.5 Å². The third-order valence-corrected chi connectivity index (χ3v) is 5.15. The second kappa shape index (κ2) is 8.64. The van der Waals surface area contributed by atoms with Crippen molar-refractivity contribution < 1.29 is 23.5 Å². The first kappa shape index (κ1) is 23.9. The van der Waals surface area contributed by atoms with E-state index in [1.165, 1.54) is 18.2 Å². The molecule has 1 aliphatic heterocycles. The summed E-state index contributed by atoms with van der Waals surface area (Å²) in [6.45, 7) is 10.9. The maximum absolute atomic E-state index is 13.8. The maximum atomic E-state index is 13.8. The second-order valence-electron chi connectivity index (χ2n) is 10.3. The zero-order valence-corrected chi connectivity index (χ0v) is 19.5. The lowest BCUT2D eigenvalue weighted by molar-refractivity contribution is -0.175. The molecule has 0 radical (unpaired) electrons. The molecule has 0 spiro atoms. The van der Waals surface area contributed by atoms with E-state index in [4.69, 9.17) is 9.47 Å². The normalized spacial score (nSPS) is 16.7. The van der Waals surface area contributed by atoms with E-state index in [1.54, 1.807) is 46.1 Å². The standard InChI is InChI=1S/C24H31FN2O5/c1-23(2,3)31-21(29)17(22(30)32-24(4,5)6)12-14-8-7-11-27-19(14)26-18-13-15(25)9-10-16(18)20(27)28/h9-10,13-14,17H,7-8,11-12H2,1-6H3. The van der Waals surface area contributed by atoms with E-state index < -0.39 is 34.9 Å². The number of esters is 2. The number of benzene rings is 1. The van der Waals surface area contributed by atoms with Crippen molar-refractivity contribution in [3.63, 3.8) is 0 Å². The van der Waals surface area contributed by atoms with Crippen LogP contribution in [0.4, 0.5) is 4.39 Å². The van der Waals surface area contributed by atoms with Crippen molar-refractivity contribution in [3.05, 3.63) is 40.2 Å². The zero-order valence-electron chi connectivity index (χ0n) is 19.5. The van der Waals surface area contributed by atoms with Crippen molar-refractivity contribution in [1.82, 2.24) is 9.55 Å². The summed E-state index contributed by atoms with van der Waals surface area (Å²) in [5, 5.41) is 0.339. The Kier molecular flexibility index (Phi) is 6.45. The number of ether oxygens (including phenoxy) is 2. The predicted octanol–water partition coefficient (Wildman–Crippen LogP) is 4.10. The Balaban J connectivity index is 2.00. The molecule has 0 saturated heterocycles. The van der Waals surface area contributed by atoms with Crippen molar-refractivity contribution in [3.8, 4) is 0 Å². The van der Waals surface area contributed by atoms with Gasteiger partial charge in [-0.25, -0.2) is 9.37 Å². The van der Waals surface area contributed by atoms with E-state index in [0.717, 1.165) is 0 Å². The van der Waals surface area contributed by atoms with Gasteiger partial charge < -0.3 is 9.47 Å². The molecule has 8 heteroatoms. The molecule has 1 aromatic carbocycles. The summed E-state index contributed by atoms with van der Waals surface area (Å²) in [6.07, 6.45) is 1.42. The lowest BCUT2D eigenvalue weighted by Gasteiger charge is -2.30. The molecule has 0 aliphatic carbocycles. The summed E-state index contributed by atoms with van der Waals surface area (Å²) >= 11 is 0. The smallest absolute Gasteiger partial charge is 0.320 e. The zero-order chi connectivity index (χ0) is 23.8. The number of aromatic nitrogens is 2. The molecule has 1 aromatic heterocycles. The molecule has 1 aliphatic rings. The number of rotatable bonds is 4. The largest absolute Gasteiger partial charge is 0.459 e. The lowest BCUT2D eigenvalue weighted by Crippen LogP contribution is -2.39. The Labute approximate surface area is 186 Å². The molecular weight excluding hydrogens is 415 g/mol. The average Bonchev–Trinajstić information content (AvgIpc) is 2.63. The Morgan fingerprint density at radius 1 is 1.12 bits per heavy atom. The van der Waals surface area contributed by atoms with Crippen LogP contribution in [0.15, 0.2) is 23.0 Å². The van der Waals surface area contributed by atoms with Gasteiger partial charge in [0.05, 0.1) is 10.9 Å². The first-order valence-electron chi connectivity index (χ1n) is 10.9. The molecule has 1 unspecified atom stereocenters. The summed E-state index contributed by atoms with van der Waals surface area (Å²) in [4.78, 5) is 43.4. The molecule has 7 nitrogen and oxygen atoms in total. The highest BCUT2D eigenvalue weighted by molar-refractivity contribution is 5.95. The maximum Gasteiger partial charge on any atom is 0.320 e. The fourth-order valence-electron chi connectivity index (χ4n) is 3.91. The third-order valence-electron chi connectivity index (χ3n) is 5.15. The van der Waals surface area contributed by atoms with Crippen LogP contribution in [-0.2, 0) is 25.6 Å². The molecule has 0 N–H and O–H groups in total. The van der Waals surface area contributed by atoms with Gasteiger partial charge in [-0.05, 0) is 72.9 Å². The molecule has 174 valence electrons. The van der Waals surface area contributed by atoms with E-state index in [0.29, 0.717) is 30.6 Å². The molecule has 32 heavy (non-hydrogen) atoms. The van der Waals surface area contributed by atoms with Crippen LogP contribution in [0.3, 0.4) is 0 Å². The Hall–Kier alpha value is -2.77. The van der Waals surface area contributed by atoms with Crippen molar-refractivity contribution in [2.45, 2.75) is 84.5 Å². The summed E-state index contributed by atoms with van der Waals surface area (Å²) < 4.78 is 26.3. The number of nitrogens with zero attached hydrogens (tertiary/aromatic N) is 2. The molecule has 2 aromatic rings. The monoisotopic (exact) mass is 446 g/mol. The highest BCUT2D eigenvalue weighted by Gasteiger charge is 2.38. The van der Waals surface area contributed by atoms with Crippen LogP contribution in [0.2, 0.25) is 0 Å². The van der Waals surface area contributed by atoms with Crippen molar-refractivity contribution >= 4 is 22.8 Å². The van der Waals surface area contributed by atoms with E-state index in [2.05, 4.69) is 4.98 Å². The van der Waals surface area contributed by atoms with Gasteiger partial charge in [0.2, 0.25) is 0 Å². The van der Waals surface area contributed by atoms with Crippen LogP contribution < -0.4 is 5.56 Å². The highest BCUT2D eigenvalue weighted by Crippen LogP contribution is 2.33. The minimum Gasteiger partial charge on any atom is -0.459 e. The van der Waals surface area contributed by atoms with Crippen molar-refractivity contribution in [1.29, 1.82) is 0 Å². The van der Waals surface area contributed by atoms with E-state index in [-0.39, 0.29) is 23.4 Å². The van der Waals surface area contributed by atoms with Gasteiger partial charge in [0, 0.05) is 18.5 Å². The Morgan fingerprint density at radius 3 is 2.28 bits per heavy atom. The van der Waals surface area contributed by atoms with Gasteiger partial charge in [0.15, 0.2) is 5.92 Å². The quantitative estimate of drug-likeness (QED) is 0.519. The third kappa shape index (κ3) is 5.53. The molecule has 1 atom stereocenters. The van der Waals surface area contributed by atoms with Crippen molar-refractivity contribution in [2.75, 3.05) is 0 Å². The first-order chi connectivity index (χ1) is 14.7. The number of hydrogen-bond acceptors (Lipinski definition) is 6. The van der Waals surface area contributed by atoms with Gasteiger partial charge in [-0.15, -0.1) is 0 Å². The van der Waals surface area contributed by atoms with Crippen LogP contribution in [-0.4, -0.2) is 32.7 Å². The number of hydrogen-bond donors (Lipinski definition) is 0. The molecular formula is C24H31FN2O5. The molecule has 0 bridgehead atoms. The fraction of sp³-hybridized carbons (Fsp3) is 0.583. The number of fused-ring (bicyclic) bond motifs is 2. The summed E-state index contributed by atoms with van der Waals surface area (Å²) in [6, 6.07) is 3.89. The summed E-state index contributed by atoms with van der Waals surface area (Å²) in [5.74, 6) is -2.88. The summed E-state index contributed by atoms with van der Waals surface area (Å²) in [5.41, 5.74) is -1.53. The highest BCUT2D eigenvalue weighted by atomic mass is 19.1. The van der Waals surface area contributed by atoms with Gasteiger partial charge in [-0.1, -0.05) is 0 Å². The van der Waals surface area contributed by atoms with Crippen LogP contribution in [0.5, 0.6) is 0 Å². The number of halogens is 1. The average molecular weight is 447 g/mol. The van der Waals surface area contributed by atoms with Crippen LogP contribution >= 0.6 is 0 Å². The first-order valence-corrected chi connectivity index (χ1v) is 10.9. The molecule has 0 saturated carbocycles. The van der Waals surface area contributed by atoms with Gasteiger partial charge >= 0.3 is 11.9 Å². The molecule has 2 heterocycles. The lowest BCUT2D eigenvalue weighted by atomic mass is 9.87. The van der Waals surface area contributed by atoms with E-state index >= 15 is 0 Å². The van der Waals surface area contributed by atoms with E-state index in [9.17, 15) is 18.8 Å². The number of carbonyl (C=O) groups is 2. The van der Waals surface area contributed by atoms with Gasteiger partial charge in [0.1, 0.15) is 22.8 Å². The van der Waals surface area contributed by atoms with Gasteiger partial charge in [-0.3, -0.25) is 19.0 Å². The molecule has 3 rings (SSSR count). The van der Waals surface area contributed by atoms with Gasteiger partial charge in [-0.2, -0.15) is 0 Å². The van der Waals surface area contributed by atoms with Crippen LogP contribution in [0.1, 0.15) is 72.5 Å². The minimum atomic E-state index is -1.16. The second-order valence-corrected chi connectivity index (χ2v) is 10.3. The van der Waals surface area contributed by atoms with Crippen LogP contribution in [0.25, 0.3) is 10.9 Å². The van der Waals surface area contributed by atoms with Crippen LogP contribution in [0, 0.1) is 11.7 Å². The number of carbonyl (C=O) groups excluding carboxylic acids is 2. The van der Waals surface area contributed by atoms with Crippen molar-refractivity contribution in [2.24, 2.45) is 5.92 Å².